The molecule has 0 saturated carbocycles. The van der Waals surface area contributed by atoms with E-state index >= 15 is 0 Å². The van der Waals surface area contributed by atoms with E-state index in [-0.39, 0.29) is 43.1 Å². The monoisotopic (exact) mass is 358 g/mol. The first-order valence-electron chi connectivity index (χ1n) is 7.66. The summed E-state index contributed by atoms with van der Waals surface area (Å²) in [5.41, 5.74) is 0. The van der Waals surface area contributed by atoms with E-state index in [9.17, 15) is 17.6 Å². The summed E-state index contributed by atoms with van der Waals surface area (Å²) in [6, 6.07) is 4.92. The van der Waals surface area contributed by atoms with Crippen molar-refractivity contribution in [2.24, 2.45) is 5.92 Å². The Bertz CT molecular complexity index is 726. The van der Waals surface area contributed by atoms with Gasteiger partial charge in [-0.3, -0.25) is 9.69 Å². The number of carboxylic acids is 1. The van der Waals surface area contributed by atoms with Crippen molar-refractivity contribution in [3.8, 4) is 0 Å². The van der Waals surface area contributed by atoms with Gasteiger partial charge in [0.25, 0.3) is 0 Å². The quantitative estimate of drug-likeness (QED) is 0.829. The maximum atomic E-state index is 14.0. The first-order chi connectivity index (χ1) is 11.4. The highest BCUT2D eigenvalue weighted by Gasteiger charge is 2.39. The van der Waals surface area contributed by atoms with Gasteiger partial charge in [-0.25, -0.2) is 12.8 Å². The fraction of sp³-hybridized carbons (Fsp3) is 0.533. The fourth-order valence-electron chi connectivity index (χ4n) is 3.24. The lowest BCUT2D eigenvalue weighted by atomic mass is 10.1. The third kappa shape index (κ3) is 3.44. The first kappa shape index (κ1) is 17.3. The van der Waals surface area contributed by atoms with Gasteiger partial charge in [0.2, 0.25) is 10.0 Å². The van der Waals surface area contributed by atoms with Crippen molar-refractivity contribution in [1.29, 1.82) is 0 Å². The minimum Gasteiger partial charge on any atom is -0.480 e. The Hall–Kier alpha value is -1.55. The zero-order valence-electron chi connectivity index (χ0n) is 13.0. The lowest BCUT2D eigenvalue weighted by molar-refractivity contribution is -0.139. The molecule has 0 amide bonds. The molecule has 9 heteroatoms. The van der Waals surface area contributed by atoms with Gasteiger partial charge < -0.3 is 9.84 Å². The van der Waals surface area contributed by atoms with Crippen molar-refractivity contribution in [1.82, 2.24) is 9.21 Å². The number of hydrogen-bond acceptors (Lipinski definition) is 5. The maximum Gasteiger partial charge on any atom is 0.317 e. The molecule has 132 valence electrons. The average molecular weight is 358 g/mol. The summed E-state index contributed by atoms with van der Waals surface area (Å²) in [5, 5.41) is 9.05. The molecule has 2 aliphatic rings. The number of rotatable bonds is 4. The van der Waals surface area contributed by atoms with Crippen LogP contribution in [-0.4, -0.2) is 74.1 Å². The van der Waals surface area contributed by atoms with Crippen LogP contribution in [0.2, 0.25) is 0 Å². The molecular formula is C15H19FN2O5S. The molecule has 1 N–H and O–H groups in total. The zero-order chi connectivity index (χ0) is 17.3. The number of sulfonamides is 1. The number of ether oxygens (including phenoxy) is 1. The number of halogens is 1. The van der Waals surface area contributed by atoms with Crippen molar-refractivity contribution in [2.45, 2.75) is 10.9 Å². The Morgan fingerprint density at radius 1 is 1.25 bits per heavy atom. The number of fused-ring (bicyclic) bond motifs is 3. The SMILES string of the molecule is O=C(O)CN1C[C@H]2COC[C@@H]1CN(S(=O)(=O)c1ccccc1F)C2. The molecule has 0 aromatic heterocycles. The number of carboxylic acid groups (broad SMARTS) is 1. The van der Waals surface area contributed by atoms with Gasteiger partial charge >= 0.3 is 5.97 Å². The van der Waals surface area contributed by atoms with Crippen LogP contribution in [0.3, 0.4) is 0 Å². The number of benzene rings is 1. The normalized spacial score (nSPS) is 26.0. The summed E-state index contributed by atoms with van der Waals surface area (Å²) in [6.07, 6.45) is 0. The van der Waals surface area contributed by atoms with Crippen LogP contribution in [0.1, 0.15) is 0 Å². The average Bonchev–Trinajstić information content (AvgIpc) is 2.76. The predicted octanol–water partition coefficient (Wildman–Crippen LogP) is 0.232. The van der Waals surface area contributed by atoms with Crippen LogP contribution >= 0.6 is 0 Å². The van der Waals surface area contributed by atoms with Crippen LogP contribution in [0, 0.1) is 11.7 Å². The summed E-state index contributed by atoms with van der Waals surface area (Å²) in [4.78, 5) is 12.4. The number of nitrogens with zero attached hydrogens (tertiary/aromatic N) is 2. The molecule has 0 radical (unpaired) electrons. The second-order valence-electron chi connectivity index (χ2n) is 6.13. The summed E-state index contributed by atoms with van der Waals surface area (Å²) in [6.45, 7) is 1.16. The van der Waals surface area contributed by atoms with E-state index in [2.05, 4.69) is 0 Å². The second kappa shape index (κ2) is 6.75. The van der Waals surface area contributed by atoms with Crippen molar-refractivity contribution >= 4 is 16.0 Å². The van der Waals surface area contributed by atoms with E-state index in [1.54, 1.807) is 4.90 Å². The van der Waals surface area contributed by atoms with E-state index in [1.807, 2.05) is 0 Å². The molecule has 2 fully saturated rings. The van der Waals surface area contributed by atoms with Gasteiger partial charge in [0, 0.05) is 31.6 Å². The number of aliphatic carboxylic acids is 1. The van der Waals surface area contributed by atoms with E-state index in [4.69, 9.17) is 9.84 Å². The van der Waals surface area contributed by atoms with E-state index < -0.39 is 21.8 Å². The number of hydrogen-bond donors (Lipinski definition) is 1. The Kier molecular flexibility index (Phi) is 4.86. The standard InChI is InChI=1S/C15H19FN2O5S/c16-13-3-1-2-4-14(13)24(21,22)18-6-11-5-17(8-15(19)20)12(7-18)10-23-9-11/h1-4,11-12H,5-10H2,(H,19,20)/t11-,12+/m1/s1. The topological polar surface area (TPSA) is 87.2 Å². The van der Waals surface area contributed by atoms with Gasteiger partial charge in [0.05, 0.1) is 19.8 Å². The molecule has 3 rings (SSSR count). The van der Waals surface area contributed by atoms with E-state index in [1.165, 1.54) is 22.5 Å². The van der Waals surface area contributed by atoms with E-state index in [0.717, 1.165) is 6.07 Å². The Balaban J connectivity index is 1.90. The molecular weight excluding hydrogens is 339 g/mol. The highest BCUT2D eigenvalue weighted by molar-refractivity contribution is 7.89. The molecule has 1 aromatic carbocycles. The zero-order valence-corrected chi connectivity index (χ0v) is 13.8. The lowest BCUT2D eigenvalue weighted by Gasteiger charge is -2.30. The molecule has 2 saturated heterocycles. The number of carbonyl (C=O) groups is 1. The highest BCUT2D eigenvalue weighted by atomic mass is 32.2. The van der Waals surface area contributed by atoms with Gasteiger partial charge in [-0.2, -0.15) is 4.31 Å². The van der Waals surface area contributed by atoms with Gasteiger partial charge in [0.1, 0.15) is 10.7 Å². The van der Waals surface area contributed by atoms with Crippen LogP contribution in [0.5, 0.6) is 0 Å². The fourth-order valence-corrected chi connectivity index (χ4v) is 4.86. The Labute approximate surface area is 139 Å². The molecule has 2 heterocycles. The molecule has 0 aliphatic carbocycles. The molecule has 0 unspecified atom stereocenters. The van der Waals surface area contributed by atoms with Crippen molar-refractivity contribution in [2.75, 3.05) is 39.4 Å². The molecule has 2 atom stereocenters. The third-order valence-electron chi connectivity index (χ3n) is 4.34. The third-order valence-corrected chi connectivity index (χ3v) is 6.21. The van der Waals surface area contributed by atoms with Crippen LogP contribution in [0.25, 0.3) is 0 Å². The van der Waals surface area contributed by atoms with Crippen LogP contribution in [0.4, 0.5) is 4.39 Å². The van der Waals surface area contributed by atoms with Gasteiger partial charge in [-0.1, -0.05) is 12.1 Å². The second-order valence-corrected chi connectivity index (χ2v) is 8.04. The molecule has 1 aromatic rings. The molecule has 0 spiro atoms. The summed E-state index contributed by atoms with van der Waals surface area (Å²) in [5.74, 6) is -1.91. The largest absolute Gasteiger partial charge is 0.480 e. The summed E-state index contributed by atoms with van der Waals surface area (Å²) < 4.78 is 46.4. The van der Waals surface area contributed by atoms with Gasteiger partial charge in [-0.05, 0) is 12.1 Å². The first-order valence-corrected chi connectivity index (χ1v) is 9.10. The molecule has 2 aliphatic heterocycles. The van der Waals surface area contributed by atoms with Gasteiger partial charge in [0.15, 0.2) is 0 Å². The van der Waals surface area contributed by atoms with Gasteiger partial charge in [-0.15, -0.1) is 0 Å². The maximum absolute atomic E-state index is 14.0. The van der Waals surface area contributed by atoms with E-state index in [0.29, 0.717) is 13.2 Å². The Morgan fingerprint density at radius 2 is 2.00 bits per heavy atom. The van der Waals surface area contributed by atoms with Crippen molar-refractivity contribution in [3.63, 3.8) is 0 Å². The van der Waals surface area contributed by atoms with Crippen molar-refractivity contribution in [3.05, 3.63) is 30.1 Å². The summed E-state index contributed by atoms with van der Waals surface area (Å²) in [7, 11) is -3.98. The van der Waals surface area contributed by atoms with Crippen LogP contribution in [0.15, 0.2) is 29.2 Å². The van der Waals surface area contributed by atoms with Crippen molar-refractivity contribution < 1.29 is 27.4 Å². The minimum absolute atomic E-state index is 0.0838. The Morgan fingerprint density at radius 3 is 2.71 bits per heavy atom. The smallest absolute Gasteiger partial charge is 0.317 e. The minimum atomic E-state index is -3.98. The van der Waals surface area contributed by atoms with Crippen LogP contribution in [-0.2, 0) is 19.6 Å². The molecule has 7 nitrogen and oxygen atoms in total. The summed E-state index contributed by atoms with van der Waals surface area (Å²) >= 11 is 0. The predicted molar refractivity (Wildman–Crippen MR) is 82.5 cm³/mol. The highest BCUT2D eigenvalue weighted by Crippen LogP contribution is 2.26. The van der Waals surface area contributed by atoms with Crippen LogP contribution < -0.4 is 0 Å². The molecule has 2 bridgehead atoms. The lowest BCUT2D eigenvalue weighted by Crippen LogP contribution is -2.47. The molecule has 24 heavy (non-hydrogen) atoms.